The van der Waals surface area contributed by atoms with Gasteiger partial charge in [-0.05, 0) is 61.6 Å². The van der Waals surface area contributed by atoms with Crippen molar-refractivity contribution in [1.29, 1.82) is 0 Å². The van der Waals surface area contributed by atoms with Crippen molar-refractivity contribution in [2.45, 2.75) is 31.7 Å². The number of nitrogens with one attached hydrogen (secondary N) is 2. The van der Waals surface area contributed by atoms with Gasteiger partial charge in [-0.2, -0.15) is 9.97 Å². The van der Waals surface area contributed by atoms with Crippen LogP contribution in [0.5, 0.6) is 6.01 Å². The molecule has 2 aliphatic rings. The highest BCUT2D eigenvalue weighted by molar-refractivity contribution is 6.31. The summed E-state index contributed by atoms with van der Waals surface area (Å²) < 4.78 is 24.0. The molecule has 2 fully saturated rings. The molecule has 0 radical (unpaired) electrons. The van der Waals surface area contributed by atoms with Crippen molar-refractivity contribution in [1.82, 2.24) is 14.9 Å². The van der Waals surface area contributed by atoms with Gasteiger partial charge in [0.15, 0.2) is 0 Å². The summed E-state index contributed by atoms with van der Waals surface area (Å²) >= 11 is 5.96. The van der Waals surface area contributed by atoms with Gasteiger partial charge in [-0.3, -0.25) is 14.5 Å². The molecule has 2 aromatic carbocycles. The van der Waals surface area contributed by atoms with Crippen LogP contribution in [-0.2, 0) is 14.3 Å². The Labute approximate surface area is 224 Å². The molecule has 2 heterocycles. The SMILES string of the molecule is COc1nc(Nc2ccc(F)c(Cl)c2)c2cc(NC(=O)C=CCN3CCOC(=O)[C@H]3C)c(C3CC3)cc2n1. The molecule has 1 aliphatic carbocycles. The van der Waals surface area contributed by atoms with E-state index in [-0.39, 0.29) is 29.0 Å². The number of carbonyl (C=O) groups excluding carboxylic acids is 2. The lowest BCUT2D eigenvalue weighted by Gasteiger charge is -2.30. The highest BCUT2D eigenvalue weighted by atomic mass is 35.5. The normalized spacial score (nSPS) is 18.0. The monoisotopic (exact) mass is 539 g/mol. The second kappa shape index (κ2) is 10.9. The van der Waals surface area contributed by atoms with Gasteiger partial charge in [-0.25, -0.2) is 4.39 Å². The Morgan fingerprint density at radius 2 is 2.11 bits per heavy atom. The number of hydrogen-bond acceptors (Lipinski definition) is 8. The number of amides is 1. The number of halogens is 2. The van der Waals surface area contributed by atoms with Crippen LogP contribution in [0.3, 0.4) is 0 Å². The molecule has 1 aliphatic heterocycles. The Kier molecular flexibility index (Phi) is 7.44. The molecule has 0 spiro atoms. The number of methoxy groups -OCH3 is 1. The van der Waals surface area contributed by atoms with Crippen LogP contribution in [0.15, 0.2) is 42.5 Å². The number of ether oxygens (including phenoxy) is 2. The molecule has 1 amide bonds. The number of morpholine rings is 1. The molecule has 2 N–H and O–H groups in total. The summed E-state index contributed by atoms with van der Waals surface area (Å²) in [6.45, 7) is 3.21. The van der Waals surface area contributed by atoms with Crippen molar-refractivity contribution in [3.8, 4) is 6.01 Å². The molecule has 3 aromatic rings. The summed E-state index contributed by atoms with van der Waals surface area (Å²) in [5, 5.41) is 6.78. The lowest BCUT2D eigenvalue weighted by molar-refractivity contribution is -0.155. The highest BCUT2D eigenvalue weighted by Gasteiger charge is 2.28. The molecule has 0 bridgehead atoms. The van der Waals surface area contributed by atoms with Crippen LogP contribution in [0.4, 0.5) is 21.6 Å². The molecular weight excluding hydrogens is 513 g/mol. The number of hydrogen-bond donors (Lipinski definition) is 2. The van der Waals surface area contributed by atoms with Crippen molar-refractivity contribution in [2.75, 3.05) is 37.4 Å². The van der Waals surface area contributed by atoms with E-state index in [1.807, 2.05) is 17.0 Å². The summed E-state index contributed by atoms with van der Waals surface area (Å²) in [5.41, 5.74) is 2.84. The summed E-state index contributed by atoms with van der Waals surface area (Å²) in [5.74, 6) is -0.316. The van der Waals surface area contributed by atoms with Crippen LogP contribution in [0.1, 0.15) is 31.2 Å². The van der Waals surface area contributed by atoms with Gasteiger partial charge in [0.1, 0.15) is 24.3 Å². The lowest BCUT2D eigenvalue weighted by atomic mass is 10.0. The molecule has 38 heavy (non-hydrogen) atoms. The van der Waals surface area contributed by atoms with E-state index in [1.54, 1.807) is 19.1 Å². The average molecular weight is 540 g/mol. The van der Waals surface area contributed by atoms with Crippen LogP contribution in [0, 0.1) is 5.82 Å². The minimum absolute atomic E-state index is 0.0214. The van der Waals surface area contributed by atoms with Crippen LogP contribution >= 0.6 is 11.6 Å². The Balaban J connectivity index is 1.42. The maximum atomic E-state index is 13.7. The van der Waals surface area contributed by atoms with Gasteiger partial charge in [0.2, 0.25) is 5.91 Å². The Hall–Kier alpha value is -3.76. The van der Waals surface area contributed by atoms with E-state index in [0.29, 0.717) is 53.7 Å². The zero-order chi connectivity index (χ0) is 26.8. The maximum absolute atomic E-state index is 13.7. The van der Waals surface area contributed by atoms with Crippen LogP contribution in [0.25, 0.3) is 10.9 Å². The van der Waals surface area contributed by atoms with Crippen LogP contribution in [0.2, 0.25) is 5.02 Å². The fourth-order valence-electron chi connectivity index (χ4n) is 4.35. The first-order valence-corrected chi connectivity index (χ1v) is 12.7. The smallest absolute Gasteiger partial charge is 0.323 e. The minimum Gasteiger partial charge on any atom is -0.467 e. The van der Waals surface area contributed by atoms with Crippen molar-refractivity contribution < 1.29 is 23.5 Å². The van der Waals surface area contributed by atoms with Crippen molar-refractivity contribution in [3.63, 3.8) is 0 Å². The van der Waals surface area contributed by atoms with E-state index in [1.165, 1.54) is 25.3 Å². The number of rotatable bonds is 8. The van der Waals surface area contributed by atoms with Gasteiger partial charge < -0.3 is 20.1 Å². The van der Waals surface area contributed by atoms with E-state index in [4.69, 9.17) is 21.1 Å². The second-order valence-corrected chi connectivity index (χ2v) is 9.68. The molecule has 1 aromatic heterocycles. The lowest BCUT2D eigenvalue weighted by Crippen LogP contribution is -2.47. The number of anilines is 3. The van der Waals surface area contributed by atoms with Crippen LogP contribution in [-0.4, -0.2) is 59.6 Å². The number of benzene rings is 2. The van der Waals surface area contributed by atoms with Gasteiger partial charge in [0, 0.05) is 35.9 Å². The highest BCUT2D eigenvalue weighted by Crippen LogP contribution is 2.45. The number of fused-ring (bicyclic) bond motifs is 1. The molecule has 0 unspecified atom stereocenters. The summed E-state index contributed by atoms with van der Waals surface area (Å²) in [6.07, 6.45) is 5.25. The van der Waals surface area contributed by atoms with Gasteiger partial charge >= 0.3 is 12.0 Å². The van der Waals surface area contributed by atoms with E-state index in [0.717, 1.165) is 18.4 Å². The summed E-state index contributed by atoms with van der Waals surface area (Å²) in [4.78, 5) is 35.5. The molecule has 1 atom stereocenters. The predicted octanol–water partition coefficient (Wildman–Crippen LogP) is 4.79. The van der Waals surface area contributed by atoms with Gasteiger partial charge in [0.05, 0.1) is 17.6 Å². The van der Waals surface area contributed by atoms with Gasteiger partial charge in [-0.1, -0.05) is 17.7 Å². The summed E-state index contributed by atoms with van der Waals surface area (Å²) in [7, 11) is 1.48. The van der Waals surface area contributed by atoms with E-state index in [9.17, 15) is 14.0 Å². The first-order valence-electron chi connectivity index (χ1n) is 12.3. The Bertz CT molecular complexity index is 1430. The standard InChI is InChI=1S/C27H27ClFN5O4/c1-15-26(36)38-11-10-34(15)9-3-4-24(35)31-22-14-19-23(13-18(22)16-5-6-16)32-27(37-2)33-25(19)30-17-7-8-21(29)20(28)12-17/h3-4,7-8,12-16H,5-6,9-11H2,1-2H3,(H,31,35)(H,30,32,33)/t15-/m1/s1. The fourth-order valence-corrected chi connectivity index (χ4v) is 4.53. The number of nitrogens with zero attached hydrogens (tertiary/aromatic N) is 3. The van der Waals surface area contributed by atoms with Crippen molar-refractivity contribution >= 4 is 51.6 Å². The number of carbonyl (C=O) groups is 2. The topological polar surface area (TPSA) is 106 Å². The molecule has 5 rings (SSSR count). The quantitative estimate of drug-likeness (QED) is 0.311. The Morgan fingerprint density at radius 1 is 1.29 bits per heavy atom. The molecule has 1 saturated carbocycles. The van der Waals surface area contributed by atoms with E-state index >= 15 is 0 Å². The number of cyclic esters (lactones) is 1. The van der Waals surface area contributed by atoms with Gasteiger partial charge in [0.25, 0.3) is 0 Å². The minimum atomic E-state index is -0.524. The molecule has 11 heteroatoms. The van der Waals surface area contributed by atoms with E-state index < -0.39 is 5.82 Å². The maximum Gasteiger partial charge on any atom is 0.323 e. The number of esters is 1. The number of aromatic nitrogens is 2. The third-order valence-corrected chi connectivity index (χ3v) is 6.90. The van der Waals surface area contributed by atoms with Gasteiger partial charge in [-0.15, -0.1) is 0 Å². The predicted molar refractivity (Wildman–Crippen MR) is 143 cm³/mol. The molecule has 198 valence electrons. The largest absolute Gasteiger partial charge is 0.467 e. The zero-order valence-corrected chi connectivity index (χ0v) is 21.7. The van der Waals surface area contributed by atoms with Crippen LogP contribution < -0.4 is 15.4 Å². The Morgan fingerprint density at radius 3 is 2.84 bits per heavy atom. The van der Waals surface area contributed by atoms with Crippen molar-refractivity contribution in [3.05, 3.63) is 58.9 Å². The average Bonchev–Trinajstić information content (AvgIpc) is 3.74. The van der Waals surface area contributed by atoms with Crippen molar-refractivity contribution in [2.24, 2.45) is 0 Å². The van der Waals surface area contributed by atoms with E-state index in [2.05, 4.69) is 20.6 Å². The molecule has 1 saturated heterocycles. The third-order valence-electron chi connectivity index (χ3n) is 6.61. The second-order valence-electron chi connectivity index (χ2n) is 9.27. The first-order chi connectivity index (χ1) is 18.3. The summed E-state index contributed by atoms with van der Waals surface area (Å²) in [6, 6.07) is 7.89. The molecular formula is C27H27ClFN5O4. The zero-order valence-electron chi connectivity index (χ0n) is 21.0. The first kappa shape index (κ1) is 25.9. The third kappa shape index (κ3) is 5.71. The molecule has 9 nitrogen and oxygen atoms in total. The fraction of sp³-hybridized carbons (Fsp3) is 0.333.